The van der Waals surface area contributed by atoms with Crippen LogP contribution in [0.1, 0.15) is 77.2 Å². The summed E-state index contributed by atoms with van der Waals surface area (Å²) in [4.78, 5) is 20.9. The number of aromatic nitrogens is 4. The molecule has 0 radical (unpaired) electrons. The summed E-state index contributed by atoms with van der Waals surface area (Å²) in [7, 11) is 0. The van der Waals surface area contributed by atoms with Gasteiger partial charge in [0, 0.05) is 23.5 Å². The van der Waals surface area contributed by atoms with Crippen molar-refractivity contribution in [2.75, 3.05) is 5.32 Å². The van der Waals surface area contributed by atoms with Gasteiger partial charge in [-0.25, -0.2) is 4.39 Å². The van der Waals surface area contributed by atoms with E-state index in [0.29, 0.717) is 42.3 Å². The number of anilines is 1. The van der Waals surface area contributed by atoms with Crippen LogP contribution in [0.2, 0.25) is 0 Å². The van der Waals surface area contributed by atoms with Gasteiger partial charge in [-0.3, -0.25) is 4.79 Å². The standard InChI is InChI=1S/C28H32FN5O5/c1-5-23(37-20-12-9-18(10-13-20)25-31-27(16(2)3)38-33-25)28-32-26(34-39-28)19-11-14-22(21(29)15-19)30-24(36)8-6-7-17(4)35/h9-17,23,35H,5-8H2,1-4H3,(H,30,36)/t17-,23?/m0/s1. The Hall–Kier alpha value is -4.12. The molecule has 0 spiro atoms. The summed E-state index contributed by atoms with van der Waals surface area (Å²) in [6.07, 6.45) is 0.769. The van der Waals surface area contributed by atoms with Gasteiger partial charge in [-0.1, -0.05) is 31.1 Å². The number of rotatable bonds is 12. The zero-order valence-electron chi connectivity index (χ0n) is 22.3. The fourth-order valence-electron chi connectivity index (χ4n) is 3.75. The number of halogens is 1. The highest BCUT2D eigenvalue weighted by Gasteiger charge is 2.21. The monoisotopic (exact) mass is 537 g/mol. The maximum atomic E-state index is 14.7. The molecule has 0 saturated carbocycles. The van der Waals surface area contributed by atoms with Crippen molar-refractivity contribution in [3.8, 4) is 28.5 Å². The van der Waals surface area contributed by atoms with Crippen LogP contribution in [-0.2, 0) is 4.79 Å². The lowest BCUT2D eigenvalue weighted by Crippen LogP contribution is -2.13. The number of hydrogen-bond acceptors (Lipinski definition) is 9. The minimum absolute atomic E-state index is 0.0592. The molecular weight excluding hydrogens is 505 g/mol. The number of hydrogen-bond donors (Lipinski definition) is 2. The van der Waals surface area contributed by atoms with E-state index >= 15 is 0 Å². The molecule has 0 aliphatic carbocycles. The Balaban J connectivity index is 1.39. The molecule has 0 aliphatic rings. The van der Waals surface area contributed by atoms with Gasteiger partial charge in [-0.15, -0.1) is 0 Å². The maximum absolute atomic E-state index is 14.7. The molecule has 0 saturated heterocycles. The van der Waals surface area contributed by atoms with Gasteiger partial charge in [0.2, 0.25) is 23.4 Å². The summed E-state index contributed by atoms with van der Waals surface area (Å²) in [6, 6.07) is 11.6. The van der Waals surface area contributed by atoms with Gasteiger partial charge in [0.15, 0.2) is 6.10 Å². The largest absolute Gasteiger partial charge is 0.481 e. The Bertz CT molecular complexity index is 1380. The summed E-state index contributed by atoms with van der Waals surface area (Å²) in [5.74, 6) is 1.34. The van der Waals surface area contributed by atoms with Crippen LogP contribution in [0.4, 0.5) is 10.1 Å². The minimum atomic E-state index is -0.617. The normalized spacial score (nSPS) is 12.9. The Labute approximate surface area is 225 Å². The van der Waals surface area contributed by atoms with Crippen LogP contribution in [-0.4, -0.2) is 37.4 Å². The topological polar surface area (TPSA) is 136 Å². The second-order valence-electron chi connectivity index (χ2n) is 9.59. The van der Waals surface area contributed by atoms with E-state index in [1.807, 2.05) is 32.9 Å². The molecule has 4 aromatic rings. The first-order valence-corrected chi connectivity index (χ1v) is 13.0. The van der Waals surface area contributed by atoms with Gasteiger partial charge < -0.3 is 24.2 Å². The van der Waals surface area contributed by atoms with Gasteiger partial charge in [0.1, 0.15) is 11.6 Å². The summed E-state index contributed by atoms with van der Waals surface area (Å²) < 4.78 is 31.5. The number of benzene rings is 2. The van der Waals surface area contributed by atoms with Crippen LogP contribution in [0.25, 0.3) is 22.8 Å². The smallest absolute Gasteiger partial charge is 0.268 e. The quantitative estimate of drug-likeness (QED) is 0.221. The predicted molar refractivity (Wildman–Crippen MR) is 141 cm³/mol. The molecule has 2 aromatic heterocycles. The van der Waals surface area contributed by atoms with Crippen LogP contribution in [0.15, 0.2) is 51.5 Å². The van der Waals surface area contributed by atoms with Crippen molar-refractivity contribution < 1.29 is 28.1 Å². The number of ether oxygens (including phenoxy) is 1. The fraction of sp³-hybridized carbons (Fsp3) is 0.393. The average molecular weight is 538 g/mol. The van der Waals surface area contributed by atoms with Crippen molar-refractivity contribution in [3.05, 3.63) is 60.1 Å². The maximum Gasteiger partial charge on any atom is 0.268 e. The number of amides is 1. The van der Waals surface area contributed by atoms with Crippen molar-refractivity contribution >= 4 is 11.6 Å². The highest BCUT2D eigenvalue weighted by Crippen LogP contribution is 2.29. The number of nitrogens with one attached hydrogen (secondary N) is 1. The van der Waals surface area contributed by atoms with E-state index < -0.39 is 18.0 Å². The zero-order chi connectivity index (χ0) is 27.9. The predicted octanol–water partition coefficient (Wildman–Crippen LogP) is 6.07. The van der Waals surface area contributed by atoms with E-state index in [2.05, 4.69) is 25.6 Å². The second kappa shape index (κ2) is 12.6. The van der Waals surface area contributed by atoms with Crippen molar-refractivity contribution in [3.63, 3.8) is 0 Å². The molecule has 2 atom stereocenters. The molecule has 1 amide bonds. The lowest BCUT2D eigenvalue weighted by Gasteiger charge is -2.13. The van der Waals surface area contributed by atoms with Gasteiger partial charge in [0.25, 0.3) is 5.89 Å². The third-order valence-electron chi connectivity index (χ3n) is 5.94. The van der Waals surface area contributed by atoms with E-state index in [4.69, 9.17) is 13.8 Å². The molecule has 10 nitrogen and oxygen atoms in total. The highest BCUT2D eigenvalue weighted by atomic mass is 19.1. The fourth-order valence-corrected chi connectivity index (χ4v) is 3.75. The number of nitrogens with zero attached hydrogens (tertiary/aromatic N) is 4. The van der Waals surface area contributed by atoms with Gasteiger partial charge in [-0.2, -0.15) is 9.97 Å². The van der Waals surface area contributed by atoms with Crippen LogP contribution >= 0.6 is 0 Å². The molecule has 206 valence electrons. The Kier molecular flexibility index (Phi) is 9.03. The number of aliphatic hydroxyl groups is 1. The molecule has 0 aliphatic heterocycles. The molecule has 4 rings (SSSR count). The SMILES string of the molecule is CCC(Oc1ccc(-c2noc(C(C)C)n2)cc1)c1nc(-c2ccc(NC(=O)CCC[C@H](C)O)c(F)c2)no1. The molecule has 11 heteroatoms. The molecule has 2 N–H and O–H groups in total. The molecule has 1 unspecified atom stereocenters. The van der Waals surface area contributed by atoms with Crippen LogP contribution in [0, 0.1) is 5.82 Å². The second-order valence-corrected chi connectivity index (χ2v) is 9.59. The Morgan fingerprint density at radius 3 is 2.26 bits per heavy atom. The minimum Gasteiger partial charge on any atom is -0.481 e. The van der Waals surface area contributed by atoms with Crippen LogP contribution in [0.3, 0.4) is 0 Å². The lowest BCUT2D eigenvalue weighted by molar-refractivity contribution is -0.116. The molecular formula is C28H32FN5O5. The summed E-state index contributed by atoms with van der Waals surface area (Å²) in [5, 5.41) is 19.9. The molecule has 0 bridgehead atoms. The molecule has 2 heterocycles. The number of carbonyl (C=O) groups is 1. The van der Waals surface area contributed by atoms with E-state index in [9.17, 15) is 14.3 Å². The number of carbonyl (C=O) groups excluding carboxylic acids is 1. The van der Waals surface area contributed by atoms with E-state index in [-0.39, 0.29) is 35.6 Å². The van der Waals surface area contributed by atoms with Gasteiger partial charge in [-0.05, 0) is 68.7 Å². The van der Waals surface area contributed by atoms with E-state index in [1.165, 1.54) is 12.1 Å². The third kappa shape index (κ3) is 7.26. The Morgan fingerprint density at radius 2 is 1.64 bits per heavy atom. The van der Waals surface area contributed by atoms with Crippen molar-refractivity contribution in [1.82, 2.24) is 20.3 Å². The molecule has 39 heavy (non-hydrogen) atoms. The van der Waals surface area contributed by atoms with Crippen molar-refractivity contribution in [2.45, 2.75) is 71.5 Å². The first kappa shape index (κ1) is 27.9. The molecule has 2 aromatic carbocycles. The van der Waals surface area contributed by atoms with Gasteiger partial charge in [0.05, 0.1) is 11.8 Å². The van der Waals surface area contributed by atoms with Crippen molar-refractivity contribution in [2.24, 2.45) is 0 Å². The lowest BCUT2D eigenvalue weighted by atomic mass is 10.1. The summed E-state index contributed by atoms with van der Waals surface area (Å²) >= 11 is 0. The first-order chi connectivity index (χ1) is 18.7. The van der Waals surface area contributed by atoms with E-state index in [0.717, 1.165) is 5.56 Å². The van der Waals surface area contributed by atoms with Crippen LogP contribution < -0.4 is 10.1 Å². The Morgan fingerprint density at radius 1 is 1.00 bits per heavy atom. The first-order valence-electron chi connectivity index (χ1n) is 13.0. The average Bonchev–Trinajstić information content (AvgIpc) is 3.59. The van der Waals surface area contributed by atoms with Crippen LogP contribution in [0.5, 0.6) is 5.75 Å². The summed E-state index contributed by atoms with van der Waals surface area (Å²) in [5.41, 5.74) is 1.26. The molecule has 0 fully saturated rings. The summed E-state index contributed by atoms with van der Waals surface area (Å²) in [6.45, 7) is 7.55. The van der Waals surface area contributed by atoms with Gasteiger partial charge >= 0.3 is 0 Å². The van der Waals surface area contributed by atoms with E-state index in [1.54, 1.807) is 25.1 Å². The zero-order valence-corrected chi connectivity index (χ0v) is 22.3. The number of aliphatic hydroxyl groups excluding tert-OH is 1. The highest BCUT2D eigenvalue weighted by molar-refractivity contribution is 5.91. The third-order valence-corrected chi connectivity index (χ3v) is 5.94. The van der Waals surface area contributed by atoms with Crippen molar-refractivity contribution in [1.29, 1.82) is 0 Å².